The number of nitrogens with one attached hydrogen (secondary N) is 3. The van der Waals surface area contributed by atoms with E-state index in [1.165, 1.54) is 41.5 Å². The molecule has 0 aliphatic heterocycles. The molecular weight excluding hydrogens is 738 g/mol. The van der Waals surface area contributed by atoms with E-state index in [2.05, 4.69) is 137 Å². The molecule has 44 heavy (non-hydrogen) atoms. The van der Waals surface area contributed by atoms with Crippen molar-refractivity contribution in [2.24, 2.45) is 0 Å². The Balaban J connectivity index is 0.00000462. The number of rotatable bonds is 19. The highest BCUT2D eigenvalue weighted by Crippen LogP contribution is 2.28. The summed E-state index contributed by atoms with van der Waals surface area (Å²) in [6.07, 6.45) is 5.84. The summed E-state index contributed by atoms with van der Waals surface area (Å²) in [7, 11) is 0. The van der Waals surface area contributed by atoms with Gasteiger partial charge in [-0.1, -0.05) is 129 Å². The molecule has 0 bridgehead atoms. The van der Waals surface area contributed by atoms with E-state index in [9.17, 15) is 0 Å². The summed E-state index contributed by atoms with van der Waals surface area (Å²) >= 11 is 0. The van der Waals surface area contributed by atoms with Crippen molar-refractivity contribution in [3.05, 3.63) is 144 Å². The van der Waals surface area contributed by atoms with Gasteiger partial charge in [-0.25, -0.2) is 0 Å². The first-order chi connectivity index (χ1) is 19.9. The van der Waals surface area contributed by atoms with E-state index in [0.717, 1.165) is 52.1 Å². The van der Waals surface area contributed by atoms with Crippen LogP contribution in [-0.2, 0) is 0 Å². The Kier molecular flexibility index (Phi) is 25.3. The summed E-state index contributed by atoms with van der Waals surface area (Å²) in [6, 6.07) is 43.6. The largest absolute Gasteiger partial charge is 0.317 e. The molecule has 0 aliphatic rings. The van der Waals surface area contributed by atoms with Crippen molar-refractivity contribution in [1.29, 1.82) is 0 Å². The van der Waals surface area contributed by atoms with Crippen LogP contribution in [-0.4, -0.2) is 39.3 Å². The van der Waals surface area contributed by atoms with Crippen molar-refractivity contribution in [3.63, 3.8) is 0 Å². The zero-order chi connectivity index (χ0) is 27.5. The zero-order valence-electron chi connectivity index (χ0n) is 25.2. The number of benzene rings is 4. The van der Waals surface area contributed by atoms with Gasteiger partial charge in [0.25, 0.3) is 0 Å². The SMILES string of the molecule is Br.Br.Br.C.c1ccc(C(CCNCCCCNCCCNCCC(c2ccccc2)c2ccccc2)c2ccccc2)cc1. The molecule has 0 atom stereocenters. The zero-order valence-corrected chi connectivity index (χ0v) is 30.3. The molecule has 4 rings (SSSR count). The molecule has 6 heteroatoms. The van der Waals surface area contributed by atoms with Crippen molar-refractivity contribution in [1.82, 2.24) is 16.0 Å². The number of hydrogen-bond donors (Lipinski definition) is 3. The van der Waals surface area contributed by atoms with Crippen molar-refractivity contribution < 1.29 is 0 Å². The second-order valence-electron chi connectivity index (χ2n) is 10.6. The lowest BCUT2D eigenvalue weighted by Gasteiger charge is -2.18. The van der Waals surface area contributed by atoms with Gasteiger partial charge in [0, 0.05) is 11.8 Å². The van der Waals surface area contributed by atoms with Crippen LogP contribution < -0.4 is 16.0 Å². The lowest BCUT2D eigenvalue weighted by Crippen LogP contribution is -2.25. The Hall–Kier alpha value is -1.80. The Morgan fingerprint density at radius 1 is 0.341 bits per heavy atom. The van der Waals surface area contributed by atoms with Crippen LogP contribution in [0.25, 0.3) is 0 Å². The van der Waals surface area contributed by atoms with E-state index in [1.54, 1.807) is 0 Å². The third kappa shape index (κ3) is 15.5. The van der Waals surface area contributed by atoms with Crippen LogP contribution in [0.5, 0.6) is 0 Å². The molecule has 4 aromatic carbocycles. The van der Waals surface area contributed by atoms with E-state index in [0.29, 0.717) is 11.8 Å². The normalized spacial score (nSPS) is 10.3. The molecule has 0 heterocycles. The number of hydrogen-bond acceptors (Lipinski definition) is 3. The first-order valence-electron chi connectivity index (χ1n) is 15.2. The molecule has 0 aliphatic carbocycles. The molecule has 0 spiro atoms. The maximum Gasteiger partial charge on any atom is 0.0101 e. The smallest absolute Gasteiger partial charge is 0.0101 e. The monoisotopic (exact) mass is 789 g/mol. The molecule has 242 valence electrons. The Morgan fingerprint density at radius 3 is 0.886 bits per heavy atom. The lowest BCUT2D eigenvalue weighted by molar-refractivity contribution is 0.542. The van der Waals surface area contributed by atoms with Crippen LogP contribution >= 0.6 is 50.9 Å². The fourth-order valence-electron chi connectivity index (χ4n) is 5.50. The third-order valence-electron chi connectivity index (χ3n) is 7.69. The van der Waals surface area contributed by atoms with Gasteiger partial charge in [-0.2, -0.15) is 0 Å². The van der Waals surface area contributed by atoms with Gasteiger partial charge < -0.3 is 16.0 Å². The number of halogens is 3. The summed E-state index contributed by atoms with van der Waals surface area (Å²) in [5.74, 6) is 0.900. The molecule has 0 amide bonds. The van der Waals surface area contributed by atoms with E-state index in [1.807, 2.05) is 0 Å². The minimum Gasteiger partial charge on any atom is -0.317 e. The molecule has 0 unspecified atom stereocenters. The molecular formula is C38H54Br3N3. The third-order valence-corrected chi connectivity index (χ3v) is 7.69. The second kappa shape index (κ2) is 26.4. The van der Waals surface area contributed by atoms with Gasteiger partial charge in [-0.15, -0.1) is 50.9 Å². The first kappa shape index (κ1) is 42.2. The van der Waals surface area contributed by atoms with Crippen molar-refractivity contribution >= 4 is 50.9 Å². The molecule has 3 nitrogen and oxygen atoms in total. The molecule has 4 aromatic rings. The number of unbranched alkanes of at least 4 members (excludes halogenated alkanes) is 1. The molecule has 0 saturated heterocycles. The van der Waals surface area contributed by atoms with E-state index >= 15 is 0 Å². The molecule has 0 aromatic heterocycles. The van der Waals surface area contributed by atoms with Gasteiger partial charge in [0.15, 0.2) is 0 Å². The first-order valence-corrected chi connectivity index (χ1v) is 15.2. The highest BCUT2D eigenvalue weighted by molar-refractivity contribution is 8.93. The van der Waals surface area contributed by atoms with Gasteiger partial charge in [-0.05, 0) is 93.6 Å². The van der Waals surface area contributed by atoms with Crippen molar-refractivity contribution in [2.45, 2.75) is 51.4 Å². The Morgan fingerprint density at radius 2 is 0.591 bits per heavy atom. The molecule has 0 saturated carbocycles. The maximum atomic E-state index is 3.68. The van der Waals surface area contributed by atoms with Crippen molar-refractivity contribution in [3.8, 4) is 0 Å². The van der Waals surface area contributed by atoms with Gasteiger partial charge in [0.1, 0.15) is 0 Å². The van der Waals surface area contributed by atoms with Crippen LogP contribution in [0.4, 0.5) is 0 Å². The molecule has 0 radical (unpaired) electrons. The topological polar surface area (TPSA) is 36.1 Å². The van der Waals surface area contributed by atoms with Gasteiger partial charge >= 0.3 is 0 Å². The lowest BCUT2D eigenvalue weighted by atomic mass is 9.88. The van der Waals surface area contributed by atoms with Crippen LogP contribution in [0, 0.1) is 0 Å². The Bertz CT molecular complexity index is 991. The summed E-state index contributed by atoms with van der Waals surface area (Å²) in [4.78, 5) is 0. The van der Waals surface area contributed by atoms with Crippen molar-refractivity contribution in [2.75, 3.05) is 39.3 Å². The average Bonchev–Trinajstić information content (AvgIpc) is 3.03. The highest BCUT2D eigenvalue weighted by atomic mass is 79.9. The second-order valence-corrected chi connectivity index (χ2v) is 10.6. The van der Waals surface area contributed by atoms with Crippen LogP contribution in [0.2, 0.25) is 0 Å². The average molecular weight is 793 g/mol. The molecule has 0 fully saturated rings. The van der Waals surface area contributed by atoms with E-state index in [4.69, 9.17) is 0 Å². The summed E-state index contributed by atoms with van der Waals surface area (Å²) in [6.45, 7) is 6.41. The standard InChI is InChI=1S/C37H47N3.CH4.3BrH/c1-5-16-32(17-6-1)36(33-18-7-2-8-19-33)24-30-39-27-14-13-26-38-28-15-29-40-31-25-37(34-20-9-3-10-21-34)35-22-11-4-12-23-35;;;;/h1-12,16-23,36-40H,13-15,24-31H2;1H4;3*1H. The summed E-state index contributed by atoms with van der Waals surface area (Å²) < 4.78 is 0. The minimum absolute atomic E-state index is 0. The van der Waals surface area contributed by atoms with Gasteiger partial charge in [-0.3, -0.25) is 0 Å². The predicted molar refractivity (Wildman–Crippen MR) is 209 cm³/mol. The van der Waals surface area contributed by atoms with Crippen LogP contribution in [0.1, 0.15) is 73.6 Å². The fourth-order valence-corrected chi connectivity index (χ4v) is 5.50. The molecule has 3 N–H and O–H groups in total. The summed E-state index contributed by atoms with van der Waals surface area (Å²) in [5, 5.41) is 11.0. The maximum absolute atomic E-state index is 3.68. The quantitative estimate of drug-likeness (QED) is 0.0829. The predicted octanol–water partition coefficient (Wildman–Crippen LogP) is 9.74. The van der Waals surface area contributed by atoms with E-state index < -0.39 is 0 Å². The van der Waals surface area contributed by atoms with E-state index in [-0.39, 0.29) is 58.4 Å². The fraction of sp³-hybridized carbons (Fsp3) is 0.368. The summed E-state index contributed by atoms with van der Waals surface area (Å²) in [5.41, 5.74) is 5.61. The highest BCUT2D eigenvalue weighted by Gasteiger charge is 2.14. The van der Waals surface area contributed by atoms with Crippen LogP contribution in [0.15, 0.2) is 121 Å². The van der Waals surface area contributed by atoms with Crippen LogP contribution in [0.3, 0.4) is 0 Å². The van der Waals surface area contributed by atoms with Gasteiger partial charge in [0.2, 0.25) is 0 Å². The minimum atomic E-state index is 0. The van der Waals surface area contributed by atoms with Gasteiger partial charge in [0.05, 0.1) is 0 Å². The Labute approximate surface area is 299 Å².